The zero-order chi connectivity index (χ0) is 7.72. The molecular weight excluding hydrogens is 197 g/mol. The Hall–Kier alpha value is -0.640. The molecule has 0 spiro atoms. The Morgan fingerprint density at radius 1 is 0.846 bits per heavy atom. The summed E-state index contributed by atoms with van der Waals surface area (Å²) in [5.74, 6) is 0. The van der Waals surface area contributed by atoms with Crippen molar-refractivity contribution in [3.05, 3.63) is 28.8 Å². The lowest BCUT2D eigenvalue weighted by molar-refractivity contribution is 1.11. The quantitative estimate of drug-likeness (QED) is 0.626. The number of hydrogen-bond acceptors (Lipinski definition) is 1. The summed E-state index contributed by atoms with van der Waals surface area (Å²) in [5.41, 5.74) is 3.99. The first kappa shape index (κ1) is 18.2. The molecule has 0 N–H and O–H groups in total. The fourth-order valence-electron chi connectivity index (χ4n) is 0.942. The second kappa shape index (κ2) is 6.83. The summed E-state index contributed by atoms with van der Waals surface area (Å²) in [7, 11) is 0. The molecular formula is C9H15F3S. The number of benzene rings is 1. The molecule has 0 heterocycles. The van der Waals surface area contributed by atoms with Crippen LogP contribution in [-0.2, 0) is 0 Å². The van der Waals surface area contributed by atoms with Gasteiger partial charge in [0.2, 0.25) is 0 Å². The van der Waals surface area contributed by atoms with E-state index >= 15 is 0 Å². The van der Waals surface area contributed by atoms with Crippen molar-refractivity contribution in [2.24, 2.45) is 0 Å². The SMILES string of the molecule is Cc1ccc(S)c(C)c1C.F.F.F. The Balaban J connectivity index is -0.000000333. The van der Waals surface area contributed by atoms with E-state index in [1.807, 2.05) is 6.07 Å². The molecule has 1 aromatic rings. The van der Waals surface area contributed by atoms with Gasteiger partial charge in [-0.15, -0.1) is 12.6 Å². The van der Waals surface area contributed by atoms with Crippen molar-refractivity contribution in [2.45, 2.75) is 25.7 Å². The van der Waals surface area contributed by atoms with E-state index in [1.165, 1.54) is 16.7 Å². The van der Waals surface area contributed by atoms with Crippen LogP contribution in [0, 0.1) is 20.8 Å². The second-order valence-corrected chi connectivity index (χ2v) is 3.13. The maximum atomic E-state index is 4.31. The third-order valence-electron chi connectivity index (χ3n) is 2.03. The van der Waals surface area contributed by atoms with Crippen LogP contribution in [0.3, 0.4) is 0 Å². The van der Waals surface area contributed by atoms with E-state index in [4.69, 9.17) is 0 Å². The molecule has 0 unspecified atom stereocenters. The van der Waals surface area contributed by atoms with E-state index in [-0.39, 0.29) is 14.1 Å². The highest BCUT2D eigenvalue weighted by Crippen LogP contribution is 2.19. The zero-order valence-electron chi connectivity index (χ0n) is 7.83. The van der Waals surface area contributed by atoms with Crippen molar-refractivity contribution in [1.29, 1.82) is 0 Å². The van der Waals surface area contributed by atoms with Gasteiger partial charge in [-0.1, -0.05) is 6.07 Å². The van der Waals surface area contributed by atoms with Gasteiger partial charge >= 0.3 is 0 Å². The van der Waals surface area contributed by atoms with Crippen LogP contribution in [-0.4, -0.2) is 0 Å². The summed E-state index contributed by atoms with van der Waals surface area (Å²) in [6.45, 7) is 6.35. The van der Waals surface area contributed by atoms with Gasteiger partial charge in [0.05, 0.1) is 0 Å². The molecule has 0 saturated heterocycles. The fourth-order valence-corrected chi connectivity index (χ4v) is 1.18. The lowest BCUT2D eigenvalue weighted by Gasteiger charge is -2.05. The average molecular weight is 212 g/mol. The van der Waals surface area contributed by atoms with Crippen LogP contribution in [0.2, 0.25) is 0 Å². The number of aryl methyl sites for hydroxylation is 1. The first-order valence-electron chi connectivity index (χ1n) is 3.38. The van der Waals surface area contributed by atoms with Crippen molar-refractivity contribution in [3.63, 3.8) is 0 Å². The van der Waals surface area contributed by atoms with Crippen LogP contribution in [0.4, 0.5) is 14.1 Å². The molecule has 0 aliphatic heterocycles. The number of thiol groups is 1. The average Bonchev–Trinajstić information content (AvgIpc) is 1.93. The maximum Gasteiger partial charge on any atom is 0.00720 e. The highest BCUT2D eigenvalue weighted by Gasteiger charge is 1.98. The van der Waals surface area contributed by atoms with Gasteiger partial charge in [0.25, 0.3) is 0 Å². The first-order chi connectivity index (χ1) is 4.63. The molecule has 0 atom stereocenters. The monoisotopic (exact) mass is 212 g/mol. The molecule has 0 bridgehead atoms. The molecule has 0 radical (unpaired) electrons. The molecule has 78 valence electrons. The smallest absolute Gasteiger partial charge is 0.00720 e. The van der Waals surface area contributed by atoms with Gasteiger partial charge in [0, 0.05) is 4.90 Å². The molecule has 0 fully saturated rings. The molecule has 0 aliphatic rings. The van der Waals surface area contributed by atoms with Crippen molar-refractivity contribution in [1.82, 2.24) is 0 Å². The summed E-state index contributed by atoms with van der Waals surface area (Å²) in [5, 5.41) is 0. The summed E-state index contributed by atoms with van der Waals surface area (Å²) >= 11 is 4.31. The Morgan fingerprint density at radius 2 is 1.31 bits per heavy atom. The van der Waals surface area contributed by atoms with Gasteiger partial charge < -0.3 is 0 Å². The second-order valence-electron chi connectivity index (χ2n) is 2.65. The normalized spacial score (nSPS) is 7.69. The van der Waals surface area contributed by atoms with Crippen molar-refractivity contribution < 1.29 is 14.1 Å². The molecule has 1 rings (SSSR count). The number of hydrogen-bond donors (Lipinski definition) is 1. The minimum absolute atomic E-state index is 0. The zero-order valence-corrected chi connectivity index (χ0v) is 8.72. The predicted octanol–water partition coefficient (Wildman–Crippen LogP) is 3.36. The molecule has 13 heavy (non-hydrogen) atoms. The Labute approximate surface area is 81.9 Å². The molecule has 0 saturated carbocycles. The van der Waals surface area contributed by atoms with Crippen molar-refractivity contribution in [3.8, 4) is 0 Å². The Morgan fingerprint density at radius 3 is 1.69 bits per heavy atom. The third kappa shape index (κ3) is 3.72. The van der Waals surface area contributed by atoms with E-state index < -0.39 is 0 Å². The van der Waals surface area contributed by atoms with E-state index in [9.17, 15) is 0 Å². The minimum atomic E-state index is 0. The van der Waals surface area contributed by atoms with Crippen LogP contribution in [0.5, 0.6) is 0 Å². The number of halogens is 3. The van der Waals surface area contributed by atoms with Crippen LogP contribution >= 0.6 is 12.6 Å². The van der Waals surface area contributed by atoms with Gasteiger partial charge in [0.1, 0.15) is 0 Å². The lowest BCUT2D eigenvalue weighted by Crippen LogP contribution is -1.86. The summed E-state index contributed by atoms with van der Waals surface area (Å²) in [6, 6.07) is 4.14. The van der Waals surface area contributed by atoms with E-state index in [0.29, 0.717) is 0 Å². The van der Waals surface area contributed by atoms with Gasteiger partial charge in [-0.3, -0.25) is 14.1 Å². The molecule has 0 amide bonds. The van der Waals surface area contributed by atoms with Gasteiger partial charge in [-0.05, 0) is 43.5 Å². The first-order valence-corrected chi connectivity index (χ1v) is 3.83. The third-order valence-corrected chi connectivity index (χ3v) is 2.51. The van der Waals surface area contributed by atoms with Crippen molar-refractivity contribution >= 4 is 12.6 Å². The van der Waals surface area contributed by atoms with E-state index in [0.717, 1.165) is 4.90 Å². The summed E-state index contributed by atoms with van der Waals surface area (Å²) in [6.07, 6.45) is 0. The van der Waals surface area contributed by atoms with Gasteiger partial charge in [0.15, 0.2) is 0 Å². The van der Waals surface area contributed by atoms with Crippen molar-refractivity contribution in [2.75, 3.05) is 0 Å². The maximum absolute atomic E-state index is 4.31. The predicted molar refractivity (Wildman–Crippen MR) is 55.4 cm³/mol. The van der Waals surface area contributed by atoms with Gasteiger partial charge in [-0.2, -0.15) is 0 Å². The topological polar surface area (TPSA) is 0 Å². The summed E-state index contributed by atoms with van der Waals surface area (Å²) in [4.78, 5) is 1.09. The van der Waals surface area contributed by atoms with E-state index in [2.05, 4.69) is 39.5 Å². The minimum Gasteiger partial charge on any atom is -0.269 e. The molecule has 1 aromatic carbocycles. The highest BCUT2D eigenvalue weighted by molar-refractivity contribution is 7.80. The van der Waals surface area contributed by atoms with Crippen LogP contribution in [0.1, 0.15) is 16.7 Å². The standard InChI is InChI=1S/C9H12S.3FH/c1-6-4-5-9(10)8(3)7(6)2;;;/h4-5,10H,1-3H3;3*1H. The molecule has 0 aromatic heterocycles. The Kier molecular flexibility index (Phi) is 9.57. The molecule has 0 nitrogen and oxygen atoms in total. The van der Waals surface area contributed by atoms with Crippen LogP contribution in [0.25, 0.3) is 0 Å². The fraction of sp³-hybridized carbons (Fsp3) is 0.333. The van der Waals surface area contributed by atoms with Crippen LogP contribution in [0.15, 0.2) is 17.0 Å². The molecule has 0 aliphatic carbocycles. The van der Waals surface area contributed by atoms with Crippen LogP contribution < -0.4 is 0 Å². The highest BCUT2D eigenvalue weighted by atomic mass is 32.1. The largest absolute Gasteiger partial charge is 0.269 e. The molecule has 4 heteroatoms. The lowest BCUT2D eigenvalue weighted by atomic mass is 10.1. The Bertz CT molecular complexity index is 234. The van der Waals surface area contributed by atoms with Gasteiger partial charge in [-0.25, -0.2) is 0 Å². The van der Waals surface area contributed by atoms with E-state index in [1.54, 1.807) is 0 Å². The number of rotatable bonds is 0. The summed E-state index contributed by atoms with van der Waals surface area (Å²) < 4.78 is 0.